The van der Waals surface area contributed by atoms with E-state index in [0.717, 1.165) is 16.8 Å². The maximum Gasteiger partial charge on any atom is 0.191 e. The third-order valence-electron chi connectivity index (χ3n) is 4.07. The average Bonchev–Trinajstić information content (AvgIpc) is 3.20. The fraction of sp³-hybridized carbons (Fsp3) is 0.200. The van der Waals surface area contributed by atoms with Crippen LogP contribution in [0.25, 0.3) is 5.69 Å². The predicted molar refractivity (Wildman–Crippen MR) is 102 cm³/mol. The van der Waals surface area contributed by atoms with Gasteiger partial charge in [-0.3, -0.25) is 4.99 Å². The van der Waals surface area contributed by atoms with Gasteiger partial charge in [0.15, 0.2) is 5.96 Å². The van der Waals surface area contributed by atoms with Gasteiger partial charge in [0.05, 0.1) is 5.69 Å². The maximum atomic E-state index is 13.3. The van der Waals surface area contributed by atoms with E-state index in [0.29, 0.717) is 24.6 Å². The van der Waals surface area contributed by atoms with Crippen molar-refractivity contribution in [1.82, 2.24) is 20.4 Å². The van der Waals surface area contributed by atoms with Gasteiger partial charge in [-0.1, -0.05) is 24.3 Å². The summed E-state index contributed by atoms with van der Waals surface area (Å²) in [5, 5.41) is 10.7. The fourth-order valence-corrected chi connectivity index (χ4v) is 2.60. The Hall–Kier alpha value is -3.15. The Kier molecular flexibility index (Phi) is 5.63. The minimum atomic E-state index is -0.185. The van der Waals surface area contributed by atoms with Crippen LogP contribution >= 0.6 is 0 Å². The van der Waals surface area contributed by atoms with E-state index in [1.54, 1.807) is 26.2 Å². The Labute approximate surface area is 152 Å². The molecule has 0 spiro atoms. The largest absolute Gasteiger partial charge is 0.352 e. The van der Waals surface area contributed by atoms with Gasteiger partial charge in [0, 0.05) is 32.5 Å². The molecule has 0 aliphatic heterocycles. The second kappa shape index (κ2) is 8.29. The Morgan fingerprint density at radius 2 is 1.77 bits per heavy atom. The first-order chi connectivity index (χ1) is 12.7. The minimum absolute atomic E-state index is 0.185. The highest BCUT2D eigenvalue weighted by molar-refractivity contribution is 5.79. The van der Waals surface area contributed by atoms with Gasteiger partial charge in [0.25, 0.3) is 0 Å². The summed E-state index contributed by atoms with van der Waals surface area (Å²) in [4.78, 5) is 4.22. The van der Waals surface area contributed by atoms with Crippen molar-refractivity contribution in [3.05, 3.63) is 83.4 Å². The van der Waals surface area contributed by atoms with Crippen molar-refractivity contribution >= 4 is 5.96 Å². The Morgan fingerprint density at radius 1 is 1.08 bits per heavy atom. The van der Waals surface area contributed by atoms with Gasteiger partial charge in [0.2, 0.25) is 0 Å². The summed E-state index contributed by atoms with van der Waals surface area (Å²) in [5.74, 6) is 0.512. The quantitative estimate of drug-likeness (QED) is 0.548. The van der Waals surface area contributed by atoms with Crippen molar-refractivity contribution in [3.8, 4) is 5.69 Å². The maximum absolute atomic E-state index is 13.3. The van der Waals surface area contributed by atoms with E-state index >= 15 is 0 Å². The molecule has 0 unspecified atom stereocenters. The summed E-state index contributed by atoms with van der Waals surface area (Å²) in [5.41, 5.74) is 3.81. The predicted octanol–water partition coefficient (Wildman–Crippen LogP) is 3.19. The van der Waals surface area contributed by atoms with Crippen molar-refractivity contribution in [1.29, 1.82) is 0 Å². The van der Waals surface area contributed by atoms with Gasteiger partial charge in [-0.25, -0.2) is 9.07 Å². The molecule has 0 atom stereocenters. The SMILES string of the molecule is CN=C(NCc1ccc(-n2cccn2)cc1)NCc1ccc(F)c(C)c1. The molecule has 3 rings (SSSR count). The summed E-state index contributed by atoms with van der Waals surface area (Å²) >= 11 is 0. The van der Waals surface area contributed by atoms with Crippen LogP contribution in [0.4, 0.5) is 4.39 Å². The minimum Gasteiger partial charge on any atom is -0.352 e. The van der Waals surface area contributed by atoms with Crippen molar-refractivity contribution in [2.24, 2.45) is 4.99 Å². The van der Waals surface area contributed by atoms with E-state index in [2.05, 4.69) is 32.9 Å². The number of benzene rings is 2. The summed E-state index contributed by atoms with van der Waals surface area (Å²) in [6.07, 6.45) is 3.67. The first kappa shape index (κ1) is 17.7. The number of aryl methyl sites for hydroxylation is 1. The summed E-state index contributed by atoms with van der Waals surface area (Å²) in [7, 11) is 1.73. The molecule has 134 valence electrons. The van der Waals surface area contributed by atoms with Crippen LogP contribution in [0.2, 0.25) is 0 Å². The number of aromatic nitrogens is 2. The first-order valence-electron chi connectivity index (χ1n) is 8.44. The van der Waals surface area contributed by atoms with Crippen molar-refractivity contribution in [2.75, 3.05) is 7.05 Å². The molecule has 2 N–H and O–H groups in total. The van der Waals surface area contributed by atoms with Crippen molar-refractivity contribution < 1.29 is 4.39 Å². The number of hydrogen-bond acceptors (Lipinski definition) is 2. The lowest BCUT2D eigenvalue weighted by atomic mass is 10.1. The van der Waals surface area contributed by atoms with Crippen molar-refractivity contribution in [2.45, 2.75) is 20.0 Å². The van der Waals surface area contributed by atoms with Crippen LogP contribution in [0, 0.1) is 12.7 Å². The zero-order valence-electron chi connectivity index (χ0n) is 14.9. The molecule has 3 aromatic rings. The Bertz CT molecular complexity index is 870. The van der Waals surface area contributed by atoms with Crippen molar-refractivity contribution in [3.63, 3.8) is 0 Å². The van der Waals surface area contributed by atoms with Crippen LogP contribution in [-0.2, 0) is 13.1 Å². The molecular weight excluding hydrogens is 329 g/mol. The van der Waals surface area contributed by atoms with Crippen LogP contribution in [-0.4, -0.2) is 22.8 Å². The number of aliphatic imine (C=N–C) groups is 1. The van der Waals surface area contributed by atoms with Gasteiger partial charge < -0.3 is 10.6 Å². The highest BCUT2D eigenvalue weighted by Crippen LogP contribution is 2.10. The Balaban J connectivity index is 1.53. The van der Waals surface area contributed by atoms with Crippen LogP contribution in [0.3, 0.4) is 0 Å². The molecule has 0 bridgehead atoms. The van der Waals surface area contributed by atoms with E-state index in [9.17, 15) is 4.39 Å². The third kappa shape index (κ3) is 4.47. The average molecular weight is 351 g/mol. The number of nitrogens with zero attached hydrogens (tertiary/aromatic N) is 3. The van der Waals surface area contributed by atoms with E-state index in [4.69, 9.17) is 0 Å². The first-order valence-corrected chi connectivity index (χ1v) is 8.44. The highest BCUT2D eigenvalue weighted by Gasteiger charge is 2.02. The molecule has 2 aromatic carbocycles. The van der Waals surface area contributed by atoms with Crippen LogP contribution in [0.15, 0.2) is 65.9 Å². The normalized spacial score (nSPS) is 11.4. The van der Waals surface area contributed by atoms with E-state index in [-0.39, 0.29) is 5.82 Å². The molecule has 0 aliphatic rings. The monoisotopic (exact) mass is 351 g/mol. The molecule has 0 fully saturated rings. The number of rotatable bonds is 5. The zero-order valence-corrected chi connectivity index (χ0v) is 14.9. The highest BCUT2D eigenvalue weighted by atomic mass is 19.1. The van der Waals surface area contributed by atoms with Gasteiger partial charge in [-0.2, -0.15) is 5.10 Å². The summed E-state index contributed by atoms with van der Waals surface area (Å²) in [6.45, 7) is 3.00. The van der Waals surface area contributed by atoms with Gasteiger partial charge in [-0.15, -0.1) is 0 Å². The lowest BCUT2D eigenvalue weighted by molar-refractivity contribution is 0.617. The zero-order chi connectivity index (χ0) is 18.4. The summed E-state index contributed by atoms with van der Waals surface area (Å²) < 4.78 is 15.2. The number of nitrogens with one attached hydrogen (secondary N) is 2. The fourth-order valence-electron chi connectivity index (χ4n) is 2.60. The molecule has 0 saturated carbocycles. The second-order valence-corrected chi connectivity index (χ2v) is 5.98. The van der Waals surface area contributed by atoms with E-state index in [1.165, 1.54) is 6.07 Å². The third-order valence-corrected chi connectivity index (χ3v) is 4.07. The lowest BCUT2D eigenvalue weighted by Gasteiger charge is -2.13. The number of guanidine groups is 1. The topological polar surface area (TPSA) is 54.2 Å². The Morgan fingerprint density at radius 3 is 2.38 bits per heavy atom. The van der Waals surface area contributed by atoms with Gasteiger partial charge in [-0.05, 0) is 47.9 Å². The lowest BCUT2D eigenvalue weighted by Crippen LogP contribution is -2.36. The number of hydrogen-bond donors (Lipinski definition) is 2. The number of halogens is 1. The van der Waals surface area contributed by atoms with Crippen LogP contribution in [0.1, 0.15) is 16.7 Å². The van der Waals surface area contributed by atoms with E-state index < -0.39 is 0 Å². The summed E-state index contributed by atoms with van der Waals surface area (Å²) in [6, 6.07) is 15.2. The molecule has 0 saturated heterocycles. The molecule has 1 aromatic heterocycles. The van der Waals surface area contributed by atoms with Gasteiger partial charge in [0.1, 0.15) is 5.82 Å². The molecule has 0 radical (unpaired) electrons. The molecule has 5 nitrogen and oxygen atoms in total. The van der Waals surface area contributed by atoms with Crippen LogP contribution in [0.5, 0.6) is 0 Å². The second-order valence-electron chi connectivity index (χ2n) is 5.98. The molecule has 26 heavy (non-hydrogen) atoms. The molecule has 1 heterocycles. The smallest absolute Gasteiger partial charge is 0.191 e. The molecule has 0 amide bonds. The standard InChI is InChI=1S/C20H22FN5/c1-15-12-17(6-9-19(15)21)14-24-20(22-2)23-13-16-4-7-18(8-5-16)26-11-3-10-25-26/h3-12H,13-14H2,1-2H3,(H2,22,23,24). The molecule has 0 aliphatic carbocycles. The van der Waals surface area contributed by atoms with E-state index in [1.807, 2.05) is 35.1 Å². The van der Waals surface area contributed by atoms with Gasteiger partial charge >= 0.3 is 0 Å². The van der Waals surface area contributed by atoms with Crippen LogP contribution < -0.4 is 10.6 Å². The molecule has 6 heteroatoms. The molecular formula is C20H22FN5.